The monoisotopic (exact) mass is 279 g/mol. The number of thioether (sulfide) groups is 1. The zero-order valence-corrected chi connectivity index (χ0v) is 14.1. The predicted molar refractivity (Wildman–Crippen MR) is 88.2 cm³/mol. The highest BCUT2D eigenvalue weighted by molar-refractivity contribution is 7.99. The molecule has 0 aliphatic carbocycles. The summed E-state index contributed by atoms with van der Waals surface area (Å²) in [5.74, 6) is 2.48. The lowest BCUT2D eigenvalue weighted by molar-refractivity contribution is 0.395. The molecule has 0 fully saturated rings. The highest BCUT2D eigenvalue weighted by Gasteiger charge is 2.11. The fourth-order valence-electron chi connectivity index (χ4n) is 1.73. The van der Waals surface area contributed by atoms with Gasteiger partial charge in [-0.15, -0.1) is 11.8 Å². The standard InChI is InChI=1S/C17H29NS/c1-13(2)15-7-9-16(10-8-15)19-12-14(3)11-18-17(4,5)6/h7-10,13-14,18H,11-12H2,1-6H3. The molecule has 0 aliphatic rings. The van der Waals surface area contributed by atoms with E-state index in [0.29, 0.717) is 11.8 Å². The van der Waals surface area contributed by atoms with Crippen LogP contribution in [0, 0.1) is 5.92 Å². The number of rotatable bonds is 6. The Hall–Kier alpha value is -0.470. The molecule has 1 atom stereocenters. The molecule has 0 radical (unpaired) electrons. The van der Waals surface area contributed by atoms with Gasteiger partial charge in [0.1, 0.15) is 0 Å². The van der Waals surface area contributed by atoms with Gasteiger partial charge in [0.05, 0.1) is 0 Å². The molecule has 1 aromatic carbocycles. The summed E-state index contributed by atoms with van der Waals surface area (Å²) in [7, 11) is 0. The minimum Gasteiger partial charge on any atom is -0.312 e. The molecule has 2 heteroatoms. The average Bonchev–Trinajstić information content (AvgIpc) is 2.33. The van der Waals surface area contributed by atoms with E-state index < -0.39 is 0 Å². The largest absolute Gasteiger partial charge is 0.312 e. The molecule has 1 rings (SSSR count). The van der Waals surface area contributed by atoms with Crippen molar-refractivity contribution in [3.05, 3.63) is 29.8 Å². The third-order valence-corrected chi connectivity index (χ3v) is 4.40. The lowest BCUT2D eigenvalue weighted by Gasteiger charge is -2.23. The maximum atomic E-state index is 3.57. The molecule has 0 spiro atoms. The fourth-order valence-corrected chi connectivity index (χ4v) is 2.65. The summed E-state index contributed by atoms with van der Waals surface area (Å²) in [6.07, 6.45) is 0. The number of benzene rings is 1. The summed E-state index contributed by atoms with van der Waals surface area (Å²) in [6.45, 7) is 14.5. The second-order valence-corrected chi connectivity index (χ2v) is 7.86. The minimum atomic E-state index is 0.220. The Kier molecular flexibility index (Phi) is 6.41. The molecule has 0 amide bonds. The first-order valence-corrected chi connectivity index (χ1v) is 8.24. The molecule has 108 valence electrons. The molecule has 19 heavy (non-hydrogen) atoms. The van der Waals surface area contributed by atoms with E-state index in [2.05, 4.69) is 71.1 Å². The van der Waals surface area contributed by atoms with Crippen molar-refractivity contribution in [1.82, 2.24) is 5.32 Å². The second-order valence-electron chi connectivity index (χ2n) is 6.77. The molecule has 0 saturated heterocycles. The van der Waals surface area contributed by atoms with Crippen LogP contribution in [0.15, 0.2) is 29.2 Å². The lowest BCUT2D eigenvalue weighted by atomic mass is 10.0. The Morgan fingerprint density at radius 3 is 2.11 bits per heavy atom. The van der Waals surface area contributed by atoms with Gasteiger partial charge >= 0.3 is 0 Å². The van der Waals surface area contributed by atoms with E-state index >= 15 is 0 Å². The van der Waals surface area contributed by atoms with Crippen molar-refractivity contribution in [3.63, 3.8) is 0 Å². The van der Waals surface area contributed by atoms with Crippen LogP contribution in [0.4, 0.5) is 0 Å². The molecular formula is C17H29NS. The Labute approximate surface area is 123 Å². The normalized spacial score (nSPS) is 13.8. The zero-order valence-electron chi connectivity index (χ0n) is 13.3. The van der Waals surface area contributed by atoms with E-state index in [4.69, 9.17) is 0 Å². The van der Waals surface area contributed by atoms with Crippen LogP contribution >= 0.6 is 11.8 Å². The SMILES string of the molecule is CC(CNC(C)(C)C)CSc1ccc(C(C)C)cc1. The van der Waals surface area contributed by atoms with Crippen LogP contribution in [-0.4, -0.2) is 17.8 Å². The van der Waals surface area contributed by atoms with E-state index in [9.17, 15) is 0 Å². The van der Waals surface area contributed by atoms with E-state index in [0.717, 1.165) is 6.54 Å². The summed E-state index contributed by atoms with van der Waals surface area (Å²) in [6, 6.07) is 9.02. The Bertz CT molecular complexity index is 362. The van der Waals surface area contributed by atoms with Gasteiger partial charge in [-0.3, -0.25) is 0 Å². The summed E-state index contributed by atoms with van der Waals surface area (Å²) < 4.78 is 0. The molecule has 1 nitrogen and oxygen atoms in total. The Morgan fingerprint density at radius 2 is 1.63 bits per heavy atom. The Balaban J connectivity index is 2.35. The van der Waals surface area contributed by atoms with Crippen molar-refractivity contribution < 1.29 is 0 Å². The van der Waals surface area contributed by atoms with Gasteiger partial charge in [0.25, 0.3) is 0 Å². The van der Waals surface area contributed by atoms with Crippen molar-refractivity contribution in [2.75, 3.05) is 12.3 Å². The van der Waals surface area contributed by atoms with Gasteiger partial charge < -0.3 is 5.32 Å². The highest BCUT2D eigenvalue weighted by Crippen LogP contribution is 2.23. The van der Waals surface area contributed by atoms with Crippen LogP contribution in [-0.2, 0) is 0 Å². The molecule has 1 unspecified atom stereocenters. The quantitative estimate of drug-likeness (QED) is 0.741. The van der Waals surface area contributed by atoms with E-state index in [-0.39, 0.29) is 5.54 Å². The number of nitrogens with one attached hydrogen (secondary N) is 1. The van der Waals surface area contributed by atoms with E-state index in [1.165, 1.54) is 16.2 Å². The first-order valence-electron chi connectivity index (χ1n) is 7.25. The van der Waals surface area contributed by atoms with Crippen molar-refractivity contribution in [3.8, 4) is 0 Å². The molecule has 0 aromatic heterocycles. The van der Waals surface area contributed by atoms with Crippen molar-refractivity contribution >= 4 is 11.8 Å². The topological polar surface area (TPSA) is 12.0 Å². The summed E-state index contributed by atoms with van der Waals surface area (Å²) in [4.78, 5) is 1.38. The highest BCUT2D eigenvalue weighted by atomic mass is 32.2. The van der Waals surface area contributed by atoms with Crippen LogP contribution in [0.1, 0.15) is 53.0 Å². The fraction of sp³-hybridized carbons (Fsp3) is 0.647. The summed E-state index contributed by atoms with van der Waals surface area (Å²) in [5, 5.41) is 3.57. The second kappa shape index (κ2) is 7.35. The van der Waals surface area contributed by atoms with Crippen molar-refractivity contribution in [2.24, 2.45) is 5.92 Å². The molecule has 1 aromatic rings. The smallest absolute Gasteiger partial charge is 0.00966 e. The van der Waals surface area contributed by atoms with Gasteiger partial charge in [0, 0.05) is 16.2 Å². The van der Waals surface area contributed by atoms with Crippen LogP contribution in [0.2, 0.25) is 0 Å². The van der Waals surface area contributed by atoms with Gasteiger partial charge in [-0.1, -0.05) is 32.9 Å². The number of hydrogen-bond donors (Lipinski definition) is 1. The van der Waals surface area contributed by atoms with Crippen LogP contribution in [0.5, 0.6) is 0 Å². The van der Waals surface area contributed by atoms with E-state index in [1.54, 1.807) is 0 Å². The number of hydrogen-bond acceptors (Lipinski definition) is 2. The average molecular weight is 279 g/mol. The summed E-state index contributed by atoms with van der Waals surface area (Å²) >= 11 is 1.96. The van der Waals surface area contributed by atoms with Crippen molar-refractivity contribution in [2.45, 2.75) is 57.9 Å². The molecular weight excluding hydrogens is 250 g/mol. The summed E-state index contributed by atoms with van der Waals surface area (Å²) in [5.41, 5.74) is 1.64. The first-order chi connectivity index (χ1) is 8.78. The van der Waals surface area contributed by atoms with E-state index in [1.807, 2.05) is 11.8 Å². The lowest BCUT2D eigenvalue weighted by Crippen LogP contribution is -2.39. The van der Waals surface area contributed by atoms with Crippen LogP contribution in [0.25, 0.3) is 0 Å². The maximum absolute atomic E-state index is 3.57. The third-order valence-electron chi connectivity index (χ3n) is 3.06. The van der Waals surface area contributed by atoms with Gasteiger partial charge in [0.15, 0.2) is 0 Å². The zero-order chi connectivity index (χ0) is 14.5. The minimum absolute atomic E-state index is 0.220. The third kappa shape index (κ3) is 7.03. The van der Waals surface area contributed by atoms with Gasteiger partial charge in [-0.2, -0.15) is 0 Å². The molecule has 1 N–H and O–H groups in total. The molecule has 0 aliphatic heterocycles. The first kappa shape index (κ1) is 16.6. The van der Waals surface area contributed by atoms with Crippen LogP contribution < -0.4 is 5.32 Å². The van der Waals surface area contributed by atoms with Gasteiger partial charge in [0.2, 0.25) is 0 Å². The van der Waals surface area contributed by atoms with Crippen molar-refractivity contribution in [1.29, 1.82) is 0 Å². The van der Waals surface area contributed by atoms with Crippen LogP contribution in [0.3, 0.4) is 0 Å². The molecule has 0 saturated carbocycles. The van der Waals surface area contributed by atoms with Gasteiger partial charge in [-0.05, 0) is 56.8 Å². The van der Waals surface area contributed by atoms with Gasteiger partial charge in [-0.25, -0.2) is 0 Å². The Morgan fingerprint density at radius 1 is 1.05 bits per heavy atom. The maximum Gasteiger partial charge on any atom is 0.00966 e. The predicted octanol–water partition coefficient (Wildman–Crippen LogP) is 4.93. The molecule has 0 heterocycles. The molecule has 0 bridgehead atoms.